The Morgan fingerprint density at radius 1 is 0.977 bits per heavy atom. The summed E-state index contributed by atoms with van der Waals surface area (Å²) < 4.78 is 7.06. The van der Waals surface area contributed by atoms with Gasteiger partial charge in [-0.25, -0.2) is 9.78 Å². The highest BCUT2D eigenvalue weighted by Gasteiger charge is 2.22. The number of benzene rings is 3. The van der Waals surface area contributed by atoms with Crippen molar-refractivity contribution >= 4 is 53.0 Å². The molecule has 220 valence electrons. The van der Waals surface area contributed by atoms with Crippen molar-refractivity contribution in [2.75, 3.05) is 0 Å². The van der Waals surface area contributed by atoms with Gasteiger partial charge in [-0.3, -0.25) is 9.98 Å². The molecular formula is C33H31Cl2N5O2S. The molecule has 43 heavy (non-hydrogen) atoms. The lowest BCUT2D eigenvalue weighted by Crippen LogP contribution is -2.15. The van der Waals surface area contributed by atoms with Crippen LogP contribution >= 0.6 is 35.0 Å². The van der Waals surface area contributed by atoms with E-state index in [-0.39, 0.29) is 12.5 Å². The summed E-state index contributed by atoms with van der Waals surface area (Å²) in [7, 11) is 0. The maximum absolute atomic E-state index is 11.2. The van der Waals surface area contributed by atoms with E-state index in [9.17, 15) is 4.79 Å². The Morgan fingerprint density at radius 3 is 2.21 bits per heavy atom. The molecule has 5 rings (SSSR count). The van der Waals surface area contributed by atoms with E-state index in [2.05, 4.69) is 23.8 Å². The Bertz CT molecular complexity index is 1580. The van der Waals surface area contributed by atoms with Gasteiger partial charge in [0.2, 0.25) is 0 Å². The van der Waals surface area contributed by atoms with Crippen molar-refractivity contribution in [2.45, 2.75) is 42.8 Å². The molecule has 3 aromatic carbocycles. The number of para-hydroxylation sites is 1. The topological polar surface area (TPSA) is 95.4 Å². The third kappa shape index (κ3) is 9.99. The SMILES string of the molecule is C(=N\c1ccccc1)/c1ccccc1.CC(C)c1nc(COC(N)=O)n(Cc2ccncc2)c1Sc1cc(Cl)cc(Cl)c1. The summed E-state index contributed by atoms with van der Waals surface area (Å²) in [5, 5.41) is 2.05. The Morgan fingerprint density at radius 2 is 1.60 bits per heavy atom. The third-order valence-electron chi connectivity index (χ3n) is 5.97. The molecule has 0 saturated carbocycles. The number of rotatable bonds is 9. The van der Waals surface area contributed by atoms with Crippen molar-refractivity contribution in [3.8, 4) is 0 Å². The van der Waals surface area contributed by atoms with Crippen LogP contribution < -0.4 is 5.73 Å². The van der Waals surface area contributed by atoms with Crippen LogP contribution in [0.25, 0.3) is 0 Å². The quantitative estimate of drug-likeness (QED) is 0.164. The molecule has 0 fully saturated rings. The third-order valence-corrected chi connectivity index (χ3v) is 7.51. The zero-order valence-corrected chi connectivity index (χ0v) is 26.1. The fraction of sp³-hybridized carbons (Fsp3) is 0.152. The van der Waals surface area contributed by atoms with Gasteiger partial charge in [0, 0.05) is 33.5 Å². The van der Waals surface area contributed by atoms with Gasteiger partial charge < -0.3 is 15.0 Å². The number of hydrogen-bond acceptors (Lipinski definition) is 6. The minimum atomic E-state index is -0.842. The fourth-order valence-corrected chi connectivity index (χ4v) is 5.88. The summed E-state index contributed by atoms with van der Waals surface area (Å²) in [6.07, 6.45) is 4.50. The van der Waals surface area contributed by atoms with E-state index in [1.807, 2.05) is 95.7 Å². The summed E-state index contributed by atoms with van der Waals surface area (Å²) in [4.78, 5) is 25.2. The number of pyridine rings is 1. The van der Waals surface area contributed by atoms with Crippen LogP contribution in [-0.4, -0.2) is 26.8 Å². The highest BCUT2D eigenvalue weighted by molar-refractivity contribution is 7.99. The van der Waals surface area contributed by atoms with Gasteiger partial charge in [-0.1, -0.05) is 97.3 Å². The van der Waals surface area contributed by atoms with Crippen LogP contribution in [0.4, 0.5) is 10.5 Å². The Kier molecular flexibility index (Phi) is 11.8. The number of carbonyl (C=O) groups excluding carboxylic acids is 1. The number of aromatic nitrogens is 3. The maximum Gasteiger partial charge on any atom is 0.404 e. The van der Waals surface area contributed by atoms with Crippen molar-refractivity contribution in [1.29, 1.82) is 0 Å². The molecule has 10 heteroatoms. The minimum absolute atomic E-state index is 0.0169. The molecule has 0 unspecified atom stereocenters. The predicted octanol–water partition coefficient (Wildman–Crippen LogP) is 8.94. The average molecular weight is 633 g/mol. The molecule has 1 amide bonds. The number of aliphatic imine (C=N–C) groups is 1. The highest BCUT2D eigenvalue weighted by atomic mass is 35.5. The van der Waals surface area contributed by atoms with E-state index in [0.717, 1.165) is 32.4 Å². The molecule has 2 N–H and O–H groups in total. The van der Waals surface area contributed by atoms with E-state index in [1.54, 1.807) is 18.5 Å². The number of hydrogen-bond donors (Lipinski definition) is 1. The van der Waals surface area contributed by atoms with Gasteiger partial charge in [-0.15, -0.1) is 0 Å². The van der Waals surface area contributed by atoms with E-state index in [1.165, 1.54) is 11.8 Å². The first-order valence-electron chi connectivity index (χ1n) is 13.5. The van der Waals surface area contributed by atoms with E-state index in [4.69, 9.17) is 38.7 Å². The minimum Gasteiger partial charge on any atom is -0.442 e. The maximum atomic E-state index is 11.2. The van der Waals surface area contributed by atoms with E-state index in [0.29, 0.717) is 22.4 Å². The number of amides is 1. The fourth-order valence-electron chi connectivity index (χ4n) is 3.97. The second-order valence-electron chi connectivity index (χ2n) is 9.63. The molecule has 0 atom stereocenters. The first-order chi connectivity index (χ1) is 20.8. The standard InChI is InChI=1S/C20H20Cl2N4O2S.C13H11N/c1-12(2)18-19(29-16-8-14(21)7-15(22)9-16)26(10-13-3-5-24-6-4-13)17(25-18)11-28-20(23)27;1-3-7-12(8-4-1)11-14-13-9-5-2-6-10-13/h3-9,12H,10-11H2,1-2H3,(H2,23,27);1-11H/b;14-11+. The zero-order valence-electron chi connectivity index (χ0n) is 23.7. The number of nitrogens with two attached hydrogens (primary N) is 1. The van der Waals surface area contributed by atoms with Gasteiger partial charge in [0.15, 0.2) is 6.61 Å². The normalized spacial score (nSPS) is 10.9. The van der Waals surface area contributed by atoms with Crippen molar-refractivity contribution in [1.82, 2.24) is 14.5 Å². The van der Waals surface area contributed by atoms with Gasteiger partial charge in [0.05, 0.1) is 17.9 Å². The second-order valence-corrected chi connectivity index (χ2v) is 11.6. The van der Waals surface area contributed by atoms with Gasteiger partial charge in [0.25, 0.3) is 0 Å². The summed E-state index contributed by atoms with van der Waals surface area (Å²) in [6.45, 7) is 4.65. The van der Waals surface area contributed by atoms with Crippen LogP contribution in [0, 0.1) is 0 Å². The molecule has 2 aromatic heterocycles. The number of nitrogens with zero attached hydrogens (tertiary/aromatic N) is 4. The summed E-state index contributed by atoms with van der Waals surface area (Å²) >= 11 is 13.9. The van der Waals surface area contributed by atoms with Crippen molar-refractivity contribution in [3.63, 3.8) is 0 Å². The molecule has 0 aliphatic heterocycles. The lowest BCUT2D eigenvalue weighted by atomic mass is 10.1. The Labute approximate surface area is 265 Å². The molecule has 0 bridgehead atoms. The summed E-state index contributed by atoms with van der Waals surface area (Å²) in [6, 6.07) is 29.3. The largest absolute Gasteiger partial charge is 0.442 e. The lowest BCUT2D eigenvalue weighted by Gasteiger charge is -2.14. The van der Waals surface area contributed by atoms with Gasteiger partial charge in [0.1, 0.15) is 10.9 Å². The monoisotopic (exact) mass is 631 g/mol. The number of halogens is 2. The van der Waals surface area contributed by atoms with Crippen molar-refractivity contribution in [2.24, 2.45) is 10.7 Å². The first kappa shape index (κ1) is 31.8. The lowest BCUT2D eigenvalue weighted by molar-refractivity contribution is 0.145. The van der Waals surface area contributed by atoms with Gasteiger partial charge in [-0.05, 0) is 59.5 Å². The molecule has 2 heterocycles. The molecule has 0 spiro atoms. The van der Waals surface area contributed by atoms with Crippen LogP contribution in [0.3, 0.4) is 0 Å². The Balaban J connectivity index is 0.000000251. The van der Waals surface area contributed by atoms with Crippen LogP contribution in [0.5, 0.6) is 0 Å². The molecule has 0 aliphatic carbocycles. The van der Waals surface area contributed by atoms with Crippen LogP contribution in [0.15, 0.2) is 118 Å². The van der Waals surface area contributed by atoms with E-state index < -0.39 is 6.09 Å². The molecule has 0 aliphatic rings. The molecular weight excluding hydrogens is 601 g/mol. The average Bonchev–Trinajstić information content (AvgIpc) is 3.33. The van der Waals surface area contributed by atoms with Crippen LogP contribution in [0.1, 0.15) is 42.4 Å². The smallest absolute Gasteiger partial charge is 0.404 e. The zero-order chi connectivity index (χ0) is 30.6. The molecule has 5 aromatic rings. The number of ether oxygens (including phenoxy) is 1. The van der Waals surface area contributed by atoms with Crippen LogP contribution in [0.2, 0.25) is 10.0 Å². The Hall–Kier alpha value is -4.11. The molecule has 7 nitrogen and oxygen atoms in total. The van der Waals surface area contributed by atoms with Crippen molar-refractivity contribution in [3.05, 3.63) is 136 Å². The van der Waals surface area contributed by atoms with Gasteiger partial charge in [-0.2, -0.15) is 0 Å². The van der Waals surface area contributed by atoms with E-state index >= 15 is 0 Å². The molecule has 0 saturated heterocycles. The predicted molar refractivity (Wildman–Crippen MR) is 175 cm³/mol. The van der Waals surface area contributed by atoms with Gasteiger partial charge >= 0.3 is 6.09 Å². The summed E-state index contributed by atoms with van der Waals surface area (Å²) in [5.74, 6) is 0.762. The van der Waals surface area contributed by atoms with Crippen LogP contribution in [-0.2, 0) is 17.9 Å². The first-order valence-corrected chi connectivity index (χ1v) is 15.0. The second kappa shape index (κ2) is 15.9. The number of imidazole rings is 1. The summed E-state index contributed by atoms with van der Waals surface area (Å²) in [5.41, 5.74) is 9.20. The number of primary amides is 1. The highest BCUT2D eigenvalue weighted by Crippen LogP contribution is 2.37. The molecule has 0 radical (unpaired) electrons. The van der Waals surface area contributed by atoms with Crippen molar-refractivity contribution < 1.29 is 9.53 Å². The number of carbonyl (C=O) groups is 1.